The molecule has 5 heteroatoms. The number of aromatic nitrogens is 2. The number of carbonyl (C=O) groups is 1. The van der Waals surface area contributed by atoms with Crippen molar-refractivity contribution in [1.29, 1.82) is 0 Å². The summed E-state index contributed by atoms with van der Waals surface area (Å²) in [5, 5.41) is 9.15. The molecule has 0 fully saturated rings. The van der Waals surface area contributed by atoms with Crippen molar-refractivity contribution in [3.05, 3.63) is 24.5 Å². The second kappa shape index (κ2) is 2.78. The van der Waals surface area contributed by atoms with Gasteiger partial charge in [-0.05, 0) is 6.07 Å². The Labute approximate surface area is 73.0 Å². The lowest BCUT2D eigenvalue weighted by atomic mass is 10.3. The number of carboxylic acid groups (broad SMARTS) is 1. The summed E-state index contributed by atoms with van der Waals surface area (Å²) in [5.74, 6) is 0.204. The fourth-order valence-electron chi connectivity index (χ4n) is 1.09. The van der Waals surface area contributed by atoms with Gasteiger partial charge in [-0.25, -0.2) is 4.79 Å². The van der Waals surface area contributed by atoms with Gasteiger partial charge in [0.1, 0.15) is 0 Å². The van der Waals surface area contributed by atoms with Gasteiger partial charge < -0.3 is 14.8 Å². The van der Waals surface area contributed by atoms with Crippen molar-refractivity contribution in [3.8, 4) is 5.88 Å². The van der Waals surface area contributed by atoms with Gasteiger partial charge in [0, 0.05) is 23.8 Å². The van der Waals surface area contributed by atoms with Crippen molar-refractivity contribution in [2.75, 3.05) is 0 Å². The zero-order valence-corrected chi connectivity index (χ0v) is 6.52. The summed E-state index contributed by atoms with van der Waals surface area (Å²) in [6.45, 7) is 0. The van der Waals surface area contributed by atoms with Crippen LogP contribution in [0.3, 0.4) is 0 Å². The average molecular weight is 178 g/mol. The standard InChI is InChI=1S/C8H6N2O3/c11-8(12)13-7-3-5-4-9-2-1-6(5)10-7/h1-4,10H,(H,11,12). The van der Waals surface area contributed by atoms with E-state index in [-0.39, 0.29) is 5.88 Å². The Morgan fingerprint density at radius 1 is 1.62 bits per heavy atom. The number of fused-ring (bicyclic) bond motifs is 1. The second-order valence-corrected chi connectivity index (χ2v) is 2.46. The van der Waals surface area contributed by atoms with Crippen molar-refractivity contribution in [1.82, 2.24) is 9.97 Å². The minimum Gasteiger partial charge on any atom is -0.449 e. The molecule has 2 heterocycles. The van der Waals surface area contributed by atoms with Gasteiger partial charge >= 0.3 is 6.16 Å². The van der Waals surface area contributed by atoms with Gasteiger partial charge in [-0.2, -0.15) is 0 Å². The predicted octanol–water partition coefficient (Wildman–Crippen LogP) is 1.62. The highest BCUT2D eigenvalue weighted by Gasteiger charge is 2.04. The van der Waals surface area contributed by atoms with E-state index in [0.717, 1.165) is 10.9 Å². The number of pyridine rings is 1. The Morgan fingerprint density at radius 2 is 2.46 bits per heavy atom. The number of hydrogen-bond acceptors (Lipinski definition) is 3. The maximum atomic E-state index is 10.2. The van der Waals surface area contributed by atoms with Crippen LogP contribution in [0, 0.1) is 0 Å². The number of nitrogens with one attached hydrogen (secondary N) is 1. The van der Waals surface area contributed by atoms with Crippen molar-refractivity contribution < 1.29 is 14.6 Å². The van der Waals surface area contributed by atoms with E-state index in [1.165, 1.54) is 0 Å². The van der Waals surface area contributed by atoms with Crippen LogP contribution in [0.4, 0.5) is 4.79 Å². The number of aromatic amines is 1. The lowest BCUT2D eigenvalue weighted by molar-refractivity contribution is 0.143. The number of H-pyrrole nitrogens is 1. The molecule has 0 spiro atoms. The summed E-state index contributed by atoms with van der Waals surface area (Å²) in [6.07, 6.45) is 1.91. The van der Waals surface area contributed by atoms with Gasteiger partial charge in [0.25, 0.3) is 0 Å². The Balaban J connectivity index is 2.44. The maximum Gasteiger partial charge on any atom is 0.512 e. The van der Waals surface area contributed by atoms with Crippen LogP contribution >= 0.6 is 0 Å². The zero-order valence-electron chi connectivity index (χ0n) is 6.52. The molecule has 66 valence electrons. The molecule has 0 aromatic carbocycles. The molecule has 0 saturated heterocycles. The Hall–Kier alpha value is -2.04. The minimum atomic E-state index is -1.33. The van der Waals surface area contributed by atoms with E-state index in [1.807, 2.05) is 0 Å². The molecular weight excluding hydrogens is 172 g/mol. The largest absolute Gasteiger partial charge is 0.512 e. The average Bonchev–Trinajstić information content (AvgIpc) is 2.44. The van der Waals surface area contributed by atoms with Gasteiger partial charge in [-0.15, -0.1) is 0 Å². The third kappa shape index (κ3) is 1.44. The van der Waals surface area contributed by atoms with Crippen LogP contribution in [-0.4, -0.2) is 21.2 Å². The molecule has 0 amide bonds. The van der Waals surface area contributed by atoms with Gasteiger partial charge in [-0.1, -0.05) is 0 Å². The highest BCUT2D eigenvalue weighted by molar-refractivity contribution is 5.80. The molecule has 0 saturated carbocycles. The molecule has 2 N–H and O–H groups in total. The van der Waals surface area contributed by atoms with Gasteiger partial charge in [0.05, 0.1) is 5.52 Å². The molecule has 2 aromatic heterocycles. The minimum absolute atomic E-state index is 0.204. The SMILES string of the molecule is O=C(O)Oc1cc2cnccc2[nH]1. The zero-order chi connectivity index (χ0) is 9.26. The smallest absolute Gasteiger partial charge is 0.449 e. The van der Waals surface area contributed by atoms with Gasteiger partial charge in [-0.3, -0.25) is 4.98 Å². The first kappa shape index (κ1) is 7.60. The fraction of sp³-hybridized carbons (Fsp3) is 0. The number of hydrogen-bond donors (Lipinski definition) is 2. The molecule has 0 aliphatic rings. The van der Waals surface area contributed by atoms with Crippen molar-refractivity contribution in [2.24, 2.45) is 0 Å². The fourth-order valence-corrected chi connectivity index (χ4v) is 1.09. The predicted molar refractivity (Wildman–Crippen MR) is 44.7 cm³/mol. The number of nitrogens with zero attached hydrogens (tertiary/aromatic N) is 1. The first-order chi connectivity index (χ1) is 6.25. The summed E-state index contributed by atoms with van der Waals surface area (Å²) in [4.78, 5) is 16.9. The van der Waals surface area contributed by atoms with Crippen LogP contribution < -0.4 is 4.74 Å². The Bertz CT molecular complexity index is 416. The van der Waals surface area contributed by atoms with Crippen LogP contribution in [0.2, 0.25) is 0 Å². The van der Waals surface area contributed by atoms with Crippen LogP contribution in [0.1, 0.15) is 0 Å². The Kier molecular flexibility index (Phi) is 1.63. The summed E-state index contributed by atoms with van der Waals surface area (Å²) >= 11 is 0. The van der Waals surface area contributed by atoms with Crippen LogP contribution in [0.25, 0.3) is 10.9 Å². The van der Waals surface area contributed by atoms with E-state index in [9.17, 15) is 4.79 Å². The first-order valence-electron chi connectivity index (χ1n) is 3.59. The van der Waals surface area contributed by atoms with E-state index in [4.69, 9.17) is 5.11 Å². The molecule has 0 atom stereocenters. The Morgan fingerprint density at radius 3 is 3.15 bits per heavy atom. The third-order valence-corrected chi connectivity index (χ3v) is 1.59. The van der Waals surface area contributed by atoms with Gasteiger partial charge in [0.15, 0.2) is 0 Å². The highest BCUT2D eigenvalue weighted by atomic mass is 16.7. The molecular formula is C8H6N2O3. The normalized spacial score (nSPS) is 10.2. The molecule has 13 heavy (non-hydrogen) atoms. The monoisotopic (exact) mass is 178 g/mol. The van der Waals surface area contributed by atoms with Crippen molar-refractivity contribution in [3.63, 3.8) is 0 Å². The molecule has 2 aromatic rings. The molecule has 0 bridgehead atoms. The van der Waals surface area contributed by atoms with Crippen LogP contribution in [0.5, 0.6) is 5.88 Å². The van der Waals surface area contributed by atoms with E-state index < -0.39 is 6.16 Å². The van der Waals surface area contributed by atoms with Crippen molar-refractivity contribution >= 4 is 17.1 Å². The van der Waals surface area contributed by atoms with Crippen LogP contribution in [-0.2, 0) is 0 Å². The molecule has 0 unspecified atom stereocenters. The first-order valence-corrected chi connectivity index (χ1v) is 3.59. The second-order valence-electron chi connectivity index (χ2n) is 2.46. The molecule has 2 rings (SSSR count). The highest BCUT2D eigenvalue weighted by Crippen LogP contribution is 2.18. The lowest BCUT2D eigenvalue weighted by Crippen LogP contribution is -2.02. The van der Waals surface area contributed by atoms with E-state index in [2.05, 4.69) is 14.7 Å². The molecule has 0 aliphatic heterocycles. The molecule has 5 nitrogen and oxygen atoms in total. The van der Waals surface area contributed by atoms with E-state index in [1.54, 1.807) is 24.5 Å². The van der Waals surface area contributed by atoms with E-state index in [0.29, 0.717) is 0 Å². The summed E-state index contributed by atoms with van der Waals surface area (Å²) in [7, 11) is 0. The van der Waals surface area contributed by atoms with Crippen LogP contribution in [0.15, 0.2) is 24.5 Å². The summed E-state index contributed by atoms with van der Waals surface area (Å²) in [5.41, 5.74) is 0.797. The van der Waals surface area contributed by atoms with E-state index >= 15 is 0 Å². The molecule has 0 radical (unpaired) electrons. The van der Waals surface area contributed by atoms with Crippen molar-refractivity contribution in [2.45, 2.75) is 0 Å². The molecule has 0 aliphatic carbocycles. The summed E-state index contributed by atoms with van der Waals surface area (Å²) in [6, 6.07) is 3.32. The topological polar surface area (TPSA) is 75.2 Å². The third-order valence-electron chi connectivity index (χ3n) is 1.59. The summed E-state index contributed by atoms with van der Waals surface area (Å²) < 4.78 is 4.43. The number of ether oxygens (including phenoxy) is 1. The van der Waals surface area contributed by atoms with Gasteiger partial charge in [0.2, 0.25) is 5.88 Å². The quantitative estimate of drug-likeness (QED) is 0.650. The number of rotatable bonds is 1. The maximum absolute atomic E-state index is 10.2. The lowest BCUT2D eigenvalue weighted by Gasteiger charge is -1.91.